The predicted octanol–water partition coefficient (Wildman–Crippen LogP) is 4.17. The van der Waals surface area contributed by atoms with Gasteiger partial charge in [0, 0.05) is 32.7 Å². The summed E-state index contributed by atoms with van der Waals surface area (Å²) in [5.74, 6) is 1.36. The van der Waals surface area contributed by atoms with Crippen LogP contribution in [0.3, 0.4) is 0 Å². The predicted molar refractivity (Wildman–Crippen MR) is 123 cm³/mol. The van der Waals surface area contributed by atoms with Gasteiger partial charge >= 0.3 is 0 Å². The van der Waals surface area contributed by atoms with Crippen molar-refractivity contribution in [1.82, 2.24) is 9.80 Å². The van der Waals surface area contributed by atoms with Crippen molar-refractivity contribution in [2.75, 3.05) is 51.3 Å². The number of nitrogens with zero attached hydrogens (tertiary/aromatic N) is 3. The van der Waals surface area contributed by atoms with Crippen LogP contribution in [0.4, 0.5) is 5.69 Å². The van der Waals surface area contributed by atoms with E-state index < -0.39 is 0 Å². The molecule has 0 bridgehead atoms. The summed E-state index contributed by atoms with van der Waals surface area (Å²) in [6.07, 6.45) is 3.33. The number of methoxy groups -OCH3 is 1. The zero-order chi connectivity index (χ0) is 21.6. The molecule has 0 aliphatic carbocycles. The van der Waals surface area contributed by atoms with Crippen LogP contribution in [-0.2, 0) is 0 Å². The minimum Gasteiger partial charge on any atom is -0.495 e. The number of hydrogen-bond donors (Lipinski definition) is 0. The SMILES string of the molecule is COc1ccccc1N1CCN(CCCCN2C(=O)c3ccccc3OC=C2Cl)CC1. The average molecular weight is 442 g/mol. The van der Waals surface area contributed by atoms with Gasteiger partial charge in [-0.1, -0.05) is 35.9 Å². The number of hydrogen-bond acceptors (Lipinski definition) is 5. The maximum absolute atomic E-state index is 12.9. The number of unbranched alkanes of at least 4 members (excludes halogenated alkanes) is 1. The number of rotatable bonds is 7. The average Bonchev–Trinajstić information content (AvgIpc) is 2.94. The highest BCUT2D eigenvalue weighted by atomic mass is 35.5. The van der Waals surface area contributed by atoms with Crippen LogP contribution in [0.25, 0.3) is 0 Å². The molecule has 2 aromatic rings. The third-order valence-electron chi connectivity index (χ3n) is 5.81. The van der Waals surface area contributed by atoms with E-state index in [1.54, 1.807) is 24.1 Å². The first kappa shape index (κ1) is 21.5. The van der Waals surface area contributed by atoms with Crippen LogP contribution in [-0.4, -0.2) is 62.1 Å². The van der Waals surface area contributed by atoms with Crippen LogP contribution in [0.15, 0.2) is 59.9 Å². The van der Waals surface area contributed by atoms with Crippen molar-refractivity contribution in [1.29, 1.82) is 0 Å². The lowest BCUT2D eigenvalue weighted by atomic mass is 10.1. The highest BCUT2D eigenvalue weighted by Crippen LogP contribution is 2.29. The van der Waals surface area contributed by atoms with Crippen LogP contribution in [0, 0.1) is 0 Å². The molecule has 2 aromatic carbocycles. The van der Waals surface area contributed by atoms with Gasteiger partial charge < -0.3 is 14.4 Å². The monoisotopic (exact) mass is 441 g/mol. The van der Waals surface area contributed by atoms with Crippen LogP contribution < -0.4 is 14.4 Å². The molecular formula is C24H28ClN3O3. The molecule has 1 saturated heterocycles. The maximum Gasteiger partial charge on any atom is 0.262 e. The minimum atomic E-state index is -0.111. The van der Waals surface area contributed by atoms with Gasteiger partial charge in [0.25, 0.3) is 5.91 Å². The van der Waals surface area contributed by atoms with Gasteiger partial charge in [-0.15, -0.1) is 0 Å². The number of para-hydroxylation sites is 3. The highest BCUT2D eigenvalue weighted by molar-refractivity contribution is 6.30. The Labute approximate surface area is 188 Å². The molecule has 1 fully saturated rings. The molecule has 6 nitrogen and oxygen atoms in total. The Morgan fingerprint density at radius 2 is 1.68 bits per heavy atom. The number of piperazine rings is 1. The zero-order valence-corrected chi connectivity index (χ0v) is 18.6. The number of anilines is 1. The van der Waals surface area contributed by atoms with E-state index in [4.69, 9.17) is 21.1 Å². The Bertz CT molecular complexity index is 941. The number of amides is 1. The Balaban J connectivity index is 1.24. The molecular weight excluding hydrogens is 414 g/mol. The van der Waals surface area contributed by atoms with Gasteiger partial charge in [-0.05, 0) is 43.7 Å². The maximum atomic E-state index is 12.9. The fraction of sp³-hybridized carbons (Fsp3) is 0.375. The fourth-order valence-electron chi connectivity index (χ4n) is 4.08. The van der Waals surface area contributed by atoms with Gasteiger partial charge in [0.15, 0.2) is 0 Å². The van der Waals surface area contributed by atoms with Crippen molar-refractivity contribution >= 4 is 23.2 Å². The third-order valence-corrected chi connectivity index (χ3v) is 6.10. The number of ether oxygens (including phenoxy) is 2. The molecule has 1 amide bonds. The molecule has 0 atom stereocenters. The Morgan fingerprint density at radius 1 is 0.968 bits per heavy atom. The lowest BCUT2D eigenvalue weighted by molar-refractivity contribution is 0.0814. The molecule has 7 heteroatoms. The number of carbonyl (C=O) groups is 1. The zero-order valence-electron chi connectivity index (χ0n) is 17.8. The van der Waals surface area contributed by atoms with E-state index in [0.29, 0.717) is 23.0 Å². The third kappa shape index (κ3) is 4.97. The lowest BCUT2D eigenvalue weighted by Crippen LogP contribution is -2.46. The number of carbonyl (C=O) groups excluding carboxylic acids is 1. The smallest absolute Gasteiger partial charge is 0.262 e. The van der Waals surface area contributed by atoms with Crippen molar-refractivity contribution < 1.29 is 14.3 Å². The van der Waals surface area contributed by atoms with Crippen LogP contribution >= 0.6 is 11.6 Å². The first-order valence-electron chi connectivity index (χ1n) is 10.7. The van der Waals surface area contributed by atoms with Crippen LogP contribution in [0.1, 0.15) is 23.2 Å². The van der Waals surface area contributed by atoms with E-state index in [1.165, 1.54) is 6.26 Å². The number of benzene rings is 2. The summed E-state index contributed by atoms with van der Waals surface area (Å²) in [5, 5.41) is 0.326. The summed E-state index contributed by atoms with van der Waals surface area (Å²) in [6.45, 7) is 5.58. The van der Waals surface area contributed by atoms with E-state index in [9.17, 15) is 4.79 Å². The van der Waals surface area contributed by atoms with E-state index in [1.807, 2.05) is 24.3 Å². The highest BCUT2D eigenvalue weighted by Gasteiger charge is 2.25. The second-order valence-corrected chi connectivity index (χ2v) is 8.11. The largest absolute Gasteiger partial charge is 0.495 e. The Kier molecular flexibility index (Phi) is 6.99. The summed E-state index contributed by atoms with van der Waals surface area (Å²) in [7, 11) is 1.72. The summed E-state index contributed by atoms with van der Waals surface area (Å²) >= 11 is 6.31. The van der Waals surface area contributed by atoms with E-state index in [2.05, 4.69) is 21.9 Å². The molecule has 0 N–H and O–H groups in total. The molecule has 0 aromatic heterocycles. The molecule has 0 spiro atoms. The molecule has 2 heterocycles. The van der Waals surface area contributed by atoms with Crippen molar-refractivity contribution in [3.05, 3.63) is 65.5 Å². The molecule has 2 aliphatic rings. The topological polar surface area (TPSA) is 45.2 Å². The van der Waals surface area contributed by atoms with Gasteiger partial charge in [0.05, 0.1) is 18.4 Å². The van der Waals surface area contributed by atoms with Crippen molar-refractivity contribution in [3.63, 3.8) is 0 Å². The summed E-state index contributed by atoms with van der Waals surface area (Å²) in [6, 6.07) is 15.4. The second kappa shape index (κ2) is 10.1. The van der Waals surface area contributed by atoms with Gasteiger partial charge in [-0.2, -0.15) is 0 Å². The molecule has 0 unspecified atom stereocenters. The van der Waals surface area contributed by atoms with E-state index >= 15 is 0 Å². The normalized spacial score (nSPS) is 17.0. The van der Waals surface area contributed by atoms with E-state index in [-0.39, 0.29) is 5.91 Å². The molecule has 4 rings (SSSR count). The van der Waals surface area contributed by atoms with Gasteiger partial charge in [-0.25, -0.2) is 0 Å². The second-order valence-electron chi connectivity index (χ2n) is 7.72. The molecule has 0 radical (unpaired) electrons. The van der Waals surface area contributed by atoms with Crippen molar-refractivity contribution in [3.8, 4) is 11.5 Å². The van der Waals surface area contributed by atoms with Crippen molar-refractivity contribution in [2.45, 2.75) is 12.8 Å². The molecule has 2 aliphatic heterocycles. The Morgan fingerprint density at radius 3 is 2.48 bits per heavy atom. The first-order chi connectivity index (χ1) is 15.2. The summed E-state index contributed by atoms with van der Waals surface area (Å²) in [4.78, 5) is 19.3. The van der Waals surface area contributed by atoms with Gasteiger partial charge in [-0.3, -0.25) is 14.6 Å². The minimum absolute atomic E-state index is 0.111. The van der Waals surface area contributed by atoms with Gasteiger partial charge in [0.2, 0.25) is 0 Å². The molecule has 0 saturated carbocycles. The summed E-state index contributed by atoms with van der Waals surface area (Å²) < 4.78 is 11.0. The summed E-state index contributed by atoms with van der Waals surface area (Å²) in [5.41, 5.74) is 1.70. The first-order valence-corrected chi connectivity index (χ1v) is 11.1. The fourth-order valence-corrected chi connectivity index (χ4v) is 4.29. The van der Waals surface area contributed by atoms with Crippen LogP contribution in [0.2, 0.25) is 0 Å². The van der Waals surface area contributed by atoms with E-state index in [0.717, 1.165) is 57.0 Å². The van der Waals surface area contributed by atoms with Crippen LogP contribution in [0.5, 0.6) is 11.5 Å². The molecule has 31 heavy (non-hydrogen) atoms. The number of halogens is 1. The Hall–Kier alpha value is -2.70. The quantitative estimate of drug-likeness (QED) is 0.476. The molecule has 164 valence electrons. The standard InChI is InChI=1S/C24H28ClN3O3/c1-30-22-11-5-3-9-20(22)27-16-14-26(15-17-27)12-6-7-13-28-23(25)18-31-21-10-4-2-8-19(21)24(28)29/h2-5,8-11,18H,6-7,12-17H2,1H3. The lowest BCUT2D eigenvalue weighted by Gasteiger charge is -2.36. The van der Waals surface area contributed by atoms with Crippen molar-refractivity contribution in [2.24, 2.45) is 0 Å². The number of fused-ring (bicyclic) bond motifs is 1. The van der Waals surface area contributed by atoms with Gasteiger partial charge in [0.1, 0.15) is 22.9 Å².